The molecule has 0 aliphatic carbocycles. The number of halogens is 2. The molecule has 0 aliphatic heterocycles. The van der Waals surface area contributed by atoms with Gasteiger partial charge in [0.1, 0.15) is 11.5 Å². The van der Waals surface area contributed by atoms with Crippen molar-refractivity contribution in [1.29, 1.82) is 0 Å². The fourth-order valence-electron chi connectivity index (χ4n) is 1.68. The number of nitrogens with zero attached hydrogens (tertiary/aromatic N) is 1. The number of ether oxygens (including phenoxy) is 1. The second-order valence-electron chi connectivity index (χ2n) is 4.40. The first-order chi connectivity index (χ1) is 9.99. The van der Waals surface area contributed by atoms with Crippen LogP contribution in [0, 0.1) is 6.92 Å². The molecule has 5 nitrogen and oxygen atoms in total. The zero-order chi connectivity index (χ0) is 15.4. The topological polar surface area (TPSA) is 64.4 Å². The number of nitrogens with one attached hydrogen (secondary N) is 1. The minimum Gasteiger partial charge on any atom is -0.479 e. The quantitative estimate of drug-likeness (QED) is 0.897. The Morgan fingerprint density at radius 2 is 2.19 bits per heavy atom. The molecule has 0 fully saturated rings. The lowest BCUT2D eigenvalue weighted by Gasteiger charge is -2.17. The van der Waals surface area contributed by atoms with Crippen LogP contribution in [0.1, 0.15) is 19.1 Å². The van der Waals surface area contributed by atoms with E-state index in [1.807, 2.05) is 6.92 Å². The normalized spacial score (nSPS) is 12.0. The van der Waals surface area contributed by atoms with Crippen molar-refractivity contribution in [2.75, 3.05) is 5.32 Å². The van der Waals surface area contributed by atoms with Crippen LogP contribution in [0.5, 0.6) is 5.75 Å². The fraction of sp³-hybridized carbons (Fsp3) is 0.286. The highest BCUT2D eigenvalue weighted by Crippen LogP contribution is 2.28. The van der Waals surface area contributed by atoms with Gasteiger partial charge in [0.05, 0.1) is 5.02 Å². The van der Waals surface area contributed by atoms with E-state index in [0.717, 1.165) is 0 Å². The highest BCUT2D eigenvalue weighted by atomic mass is 35.5. The Hall–Kier alpha value is -1.72. The van der Waals surface area contributed by atoms with Gasteiger partial charge < -0.3 is 14.6 Å². The number of rotatable bonds is 5. The smallest absolute Gasteiger partial charge is 0.266 e. The summed E-state index contributed by atoms with van der Waals surface area (Å²) in [6.45, 7) is 3.58. The maximum Gasteiger partial charge on any atom is 0.266 e. The Bertz CT molecular complexity index is 643. The summed E-state index contributed by atoms with van der Waals surface area (Å²) in [5.41, 5.74) is 0. The van der Waals surface area contributed by atoms with Crippen LogP contribution in [-0.4, -0.2) is 17.2 Å². The molecule has 1 atom stereocenters. The minimum atomic E-state index is -0.694. The van der Waals surface area contributed by atoms with Crippen molar-refractivity contribution in [3.63, 3.8) is 0 Å². The summed E-state index contributed by atoms with van der Waals surface area (Å²) in [5.74, 6) is 1.04. The predicted octanol–water partition coefficient (Wildman–Crippen LogP) is 4.09. The van der Waals surface area contributed by atoms with Crippen molar-refractivity contribution in [3.8, 4) is 5.75 Å². The molecule has 2 rings (SSSR count). The molecule has 21 heavy (non-hydrogen) atoms. The zero-order valence-electron chi connectivity index (χ0n) is 11.5. The second-order valence-corrected chi connectivity index (χ2v) is 5.25. The number of aryl methyl sites for hydroxylation is 1. The summed E-state index contributed by atoms with van der Waals surface area (Å²) >= 11 is 11.9. The summed E-state index contributed by atoms with van der Waals surface area (Å²) in [4.78, 5) is 12.1. The summed E-state index contributed by atoms with van der Waals surface area (Å²) in [6.07, 6.45) is -0.220. The van der Waals surface area contributed by atoms with Crippen molar-refractivity contribution < 1.29 is 14.1 Å². The maximum absolute atomic E-state index is 12.1. The summed E-state index contributed by atoms with van der Waals surface area (Å²) < 4.78 is 10.5. The first-order valence-corrected chi connectivity index (χ1v) is 7.11. The zero-order valence-corrected chi connectivity index (χ0v) is 13.0. The highest BCUT2D eigenvalue weighted by molar-refractivity contribution is 6.35. The standard InChI is InChI=1S/C14H14Cl2N2O3/c1-3-11(14(19)17-13-6-8(2)21-18-13)20-12-5-4-9(15)7-10(12)16/h4-7,11H,3H2,1-2H3,(H,17,18,19). The van der Waals surface area contributed by atoms with Crippen LogP contribution in [-0.2, 0) is 4.79 Å². The third kappa shape index (κ3) is 4.12. The molecule has 0 aliphatic rings. The van der Waals surface area contributed by atoms with Gasteiger partial charge >= 0.3 is 0 Å². The second kappa shape index (κ2) is 6.83. The number of amides is 1. The molecule has 1 aromatic heterocycles. The lowest BCUT2D eigenvalue weighted by Crippen LogP contribution is -2.32. The van der Waals surface area contributed by atoms with E-state index in [1.165, 1.54) is 0 Å². The summed E-state index contributed by atoms with van der Waals surface area (Å²) in [6, 6.07) is 6.46. The van der Waals surface area contributed by atoms with E-state index in [0.29, 0.717) is 33.8 Å². The lowest BCUT2D eigenvalue weighted by molar-refractivity contribution is -0.122. The number of benzene rings is 1. The molecule has 0 spiro atoms. The van der Waals surface area contributed by atoms with Crippen LogP contribution in [0.3, 0.4) is 0 Å². The van der Waals surface area contributed by atoms with E-state index in [4.69, 9.17) is 32.5 Å². The van der Waals surface area contributed by atoms with Crippen LogP contribution in [0.4, 0.5) is 5.82 Å². The predicted molar refractivity (Wildman–Crippen MR) is 81.0 cm³/mol. The molecule has 1 aromatic carbocycles. The lowest BCUT2D eigenvalue weighted by atomic mass is 10.2. The Kier molecular flexibility index (Phi) is 5.09. The molecule has 0 saturated carbocycles. The Labute approximate surface area is 132 Å². The van der Waals surface area contributed by atoms with Gasteiger partial charge in [0, 0.05) is 11.1 Å². The molecule has 1 heterocycles. The maximum atomic E-state index is 12.1. The van der Waals surface area contributed by atoms with Gasteiger partial charge in [-0.25, -0.2) is 0 Å². The van der Waals surface area contributed by atoms with Crippen molar-refractivity contribution in [3.05, 3.63) is 40.1 Å². The fourth-order valence-corrected chi connectivity index (χ4v) is 2.13. The van der Waals surface area contributed by atoms with E-state index < -0.39 is 6.10 Å². The summed E-state index contributed by atoms with van der Waals surface area (Å²) in [7, 11) is 0. The molecule has 112 valence electrons. The average molecular weight is 329 g/mol. The number of hydrogen-bond acceptors (Lipinski definition) is 4. The molecule has 7 heteroatoms. The van der Waals surface area contributed by atoms with E-state index >= 15 is 0 Å². The van der Waals surface area contributed by atoms with Gasteiger partial charge in [-0.1, -0.05) is 35.3 Å². The van der Waals surface area contributed by atoms with Gasteiger partial charge in [0.15, 0.2) is 11.9 Å². The van der Waals surface area contributed by atoms with Crippen LogP contribution < -0.4 is 10.1 Å². The van der Waals surface area contributed by atoms with E-state index in [2.05, 4.69) is 10.5 Å². The monoisotopic (exact) mass is 328 g/mol. The van der Waals surface area contributed by atoms with Gasteiger partial charge in [-0.05, 0) is 31.5 Å². The third-order valence-electron chi connectivity index (χ3n) is 2.71. The van der Waals surface area contributed by atoms with Gasteiger partial charge in [0.2, 0.25) is 0 Å². The van der Waals surface area contributed by atoms with Crippen LogP contribution in [0.15, 0.2) is 28.8 Å². The Morgan fingerprint density at radius 1 is 1.43 bits per heavy atom. The van der Waals surface area contributed by atoms with E-state index in [9.17, 15) is 4.79 Å². The van der Waals surface area contributed by atoms with Gasteiger partial charge in [0.25, 0.3) is 5.91 Å². The molecule has 1 amide bonds. The third-order valence-corrected chi connectivity index (χ3v) is 3.24. The van der Waals surface area contributed by atoms with Crippen LogP contribution >= 0.6 is 23.2 Å². The van der Waals surface area contributed by atoms with Gasteiger partial charge in [-0.2, -0.15) is 0 Å². The van der Waals surface area contributed by atoms with E-state index in [-0.39, 0.29) is 5.91 Å². The molecule has 0 bridgehead atoms. The Morgan fingerprint density at radius 3 is 2.76 bits per heavy atom. The largest absolute Gasteiger partial charge is 0.479 e. The number of hydrogen-bond donors (Lipinski definition) is 1. The highest BCUT2D eigenvalue weighted by Gasteiger charge is 2.20. The van der Waals surface area contributed by atoms with E-state index in [1.54, 1.807) is 31.2 Å². The van der Waals surface area contributed by atoms with Crippen molar-refractivity contribution in [1.82, 2.24) is 5.16 Å². The minimum absolute atomic E-state index is 0.322. The van der Waals surface area contributed by atoms with Crippen molar-refractivity contribution in [2.24, 2.45) is 0 Å². The van der Waals surface area contributed by atoms with Gasteiger partial charge in [-0.3, -0.25) is 4.79 Å². The van der Waals surface area contributed by atoms with Crippen LogP contribution in [0.2, 0.25) is 10.0 Å². The van der Waals surface area contributed by atoms with Crippen molar-refractivity contribution >= 4 is 34.9 Å². The molecule has 0 radical (unpaired) electrons. The molecule has 0 saturated heterocycles. The number of carbonyl (C=O) groups is 1. The summed E-state index contributed by atoms with van der Waals surface area (Å²) in [5, 5.41) is 7.19. The number of carbonyl (C=O) groups excluding carboxylic acids is 1. The number of anilines is 1. The first-order valence-electron chi connectivity index (χ1n) is 6.35. The molecule has 1 N–H and O–H groups in total. The first kappa shape index (κ1) is 15.7. The number of aromatic nitrogens is 1. The van der Waals surface area contributed by atoms with Crippen molar-refractivity contribution in [2.45, 2.75) is 26.4 Å². The SMILES string of the molecule is CCC(Oc1ccc(Cl)cc1Cl)C(=O)Nc1cc(C)on1. The molecule has 2 aromatic rings. The van der Waals surface area contributed by atoms with Gasteiger partial charge in [-0.15, -0.1) is 0 Å². The average Bonchev–Trinajstić information content (AvgIpc) is 2.83. The molecule has 1 unspecified atom stereocenters. The molecular formula is C14H14Cl2N2O3. The molecular weight excluding hydrogens is 315 g/mol. The Balaban J connectivity index is 2.06. The van der Waals surface area contributed by atoms with Crippen LogP contribution in [0.25, 0.3) is 0 Å².